The maximum atomic E-state index is 9.26. The van der Waals surface area contributed by atoms with Crippen molar-refractivity contribution in [3.8, 4) is 0 Å². The number of aliphatic hydroxyl groups is 2. The molecule has 0 bridgehead atoms. The fourth-order valence-electron chi connectivity index (χ4n) is 3.62. The Labute approximate surface area is 158 Å². The van der Waals surface area contributed by atoms with Gasteiger partial charge in [0.25, 0.3) is 0 Å². The average Bonchev–Trinajstić information content (AvgIpc) is 2.62. The van der Waals surface area contributed by atoms with Crippen LogP contribution in [0.2, 0.25) is 0 Å². The molecule has 0 aliphatic rings. The first-order valence-electron chi connectivity index (χ1n) is 11.5. The van der Waals surface area contributed by atoms with Crippen LogP contribution >= 0.6 is 0 Å². The van der Waals surface area contributed by atoms with Crippen molar-refractivity contribution in [2.45, 2.75) is 136 Å². The highest BCUT2D eigenvalue weighted by atomic mass is 16.3. The van der Waals surface area contributed by atoms with Crippen molar-refractivity contribution in [2.24, 2.45) is 5.92 Å². The molecule has 0 aromatic carbocycles. The molecule has 0 aliphatic carbocycles. The van der Waals surface area contributed by atoms with Gasteiger partial charge in [0.15, 0.2) is 0 Å². The molecule has 0 aliphatic heterocycles. The molecule has 0 fully saturated rings. The molecule has 0 rings (SSSR count). The summed E-state index contributed by atoms with van der Waals surface area (Å²) in [6.45, 7) is 4.65. The Balaban J connectivity index is 3.13. The summed E-state index contributed by atoms with van der Waals surface area (Å²) < 4.78 is 0. The first-order chi connectivity index (χ1) is 12.2. The van der Waals surface area contributed by atoms with Crippen molar-refractivity contribution < 1.29 is 10.2 Å². The SMILES string of the molecule is CCCCCCCC(C)CCCCCCCCCCCCC(O)CO. The molecule has 152 valence electrons. The van der Waals surface area contributed by atoms with E-state index in [0.717, 1.165) is 18.8 Å². The summed E-state index contributed by atoms with van der Waals surface area (Å²) >= 11 is 0. The van der Waals surface area contributed by atoms with Gasteiger partial charge in [-0.2, -0.15) is 0 Å². The minimum atomic E-state index is -0.497. The summed E-state index contributed by atoms with van der Waals surface area (Å²) in [5.41, 5.74) is 0. The molecule has 2 unspecified atom stereocenters. The molecule has 0 spiro atoms. The van der Waals surface area contributed by atoms with Crippen molar-refractivity contribution in [1.29, 1.82) is 0 Å². The fraction of sp³-hybridized carbons (Fsp3) is 1.00. The summed E-state index contributed by atoms with van der Waals surface area (Å²) in [5.74, 6) is 0.936. The Hall–Kier alpha value is -0.0800. The van der Waals surface area contributed by atoms with Gasteiger partial charge in [-0.1, -0.05) is 123 Å². The van der Waals surface area contributed by atoms with Crippen LogP contribution in [0.3, 0.4) is 0 Å². The summed E-state index contributed by atoms with van der Waals surface area (Å²) in [6, 6.07) is 0. The van der Waals surface area contributed by atoms with Crippen molar-refractivity contribution >= 4 is 0 Å². The van der Waals surface area contributed by atoms with E-state index in [1.807, 2.05) is 0 Å². The van der Waals surface area contributed by atoms with Crippen molar-refractivity contribution in [1.82, 2.24) is 0 Å². The molecule has 2 atom stereocenters. The predicted molar refractivity (Wildman–Crippen MR) is 111 cm³/mol. The van der Waals surface area contributed by atoms with Gasteiger partial charge in [-0.3, -0.25) is 0 Å². The Kier molecular flexibility index (Phi) is 20.2. The van der Waals surface area contributed by atoms with E-state index in [0.29, 0.717) is 0 Å². The third-order valence-corrected chi connectivity index (χ3v) is 5.50. The highest BCUT2D eigenvalue weighted by Gasteiger charge is 2.02. The molecule has 2 N–H and O–H groups in total. The lowest BCUT2D eigenvalue weighted by atomic mass is 9.96. The van der Waals surface area contributed by atoms with E-state index < -0.39 is 6.10 Å². The summed E-state index contributed by atoms with van der Waals surface area (Å²) in [5, 5.41) is 18.0. The zero-order valence-electron chi connectivity index (χ0n) is 17.5. The molecule has 0 aromatic heterocycles. The second kappa shape index (κ2) is 20.2. The van der Waals surface area contributed by atoms with Gasteiger partial charge < -0.3 is 10.2 Å². The van der Waals surface area contributed by atoms with E-state index in [-0.39, 0.29) is 6.61 Å². The number of unbranched alkanes of at least 4 members (excludes halogenated alkanes) is 13. The van der Waals surface area contributed by atoms with E-state index in [4.69, 9.17) is 5.11 Å². The van der Waals surface area contributed by atoms with Gasteiger partial charge in [0.05, 0.1) is 12.7 Å². The average molecular weight is 357 g/mol. The van der Waals surface area contributed by atoms with Gasteiger partial charge >= 0.3 is 0 Å². The number of hydrogen-bond acceptors (Lipinski definition) is 2. The standard InChI is InChI=1S/C23H48O2/c1-3-4-5-12-15-18-22(2)19-16-13-10-8-6-7-9-11-14-17-20-23(25)21-24/h22-25H,3-21H2,1-2H3. The fourth-order valence-corrected chi connectivity index (χ4v) is 3.62. The van der Waals surface area contributed by atoms with Gasteiger partial charge in [-0.05, 0) is 12.3 Å². The van der Waals surface area contributed by atoms with E-state index in [9.17, 15) is 5.11 Å². The van der Waals surface area contributed by atoms with Crippen LogP contribution in [0.15, 0.2) is 0 Å². The Morgan fingerprint density at radius 2 is 0.920 bits per heavy atom. The van der Waals surface area contributed by atoms with Crippen LogP contribution in [0.1, 0.15) is 129 Å². The number of rotatable bonds is 20. The zero-order chi connectivity index (χ0) is 18.6. The first kappa shape index (κ1) is 24.9. The molecule has 25 heavy (non-hydrogen) atoms. The van der Waals surface area contributed by atoms with Crippen molar-refractivity contribution in [3.63, 3.8) is 0 Å². The molecular weight excluding hydrogens is 308 g/mol. The Morgan fingerprint density at radius 3 is 1.32 bits per heavy atom. The van der Waals surface area contributed by atoms with Crippen LogP contribution in [0.5, 0.6) is 0 Å². The highest BCUT2D eigenvalue weighted by Crippen LogP contribution is 2.18. The zero-order valence-corrected chi connectivity index (χ0v) is 17.5. The van der Waals surface area contributed by atoms with E-state index in [1.165, 1.54) is 103 Å². The molecule has 0 heterocycles. The molecule has 0 aromatic rings. The number of hydrogen-bond donors (Lipinski definition) is 2. The van der Waals surface area contributed by atoms with E-state index in [2.05, 4.69) is 13.8 Å². The Morgan fingerprint density at radius 1 is 0.560 bits per heavy atom. The van der Waals surface area contributed by atoms with Crippen LogP contribution in [0.4, 0.5) is 0 Å². The van der Waals surface area contributed by atoms with Crippen LogP contribution in [0.25, 0.3) is 0 Å². The maximum Gasteiger partial charge on any atom is 0.0770 e. The van der Waals surface area contributed by atoms with Gasteiger partial charge in [0, 0.05) is 0 Å². The second-order valence-corrected chi connectivity index (χ2v) is 8.26. The molecule has 2 nitrogen and oxygen atoms in total. The van der Waals surface area contributed by atoms with Crippen LogP contribution < -0.4 is 0 Å². The lowest BCUT2D eigenvalue weighted by Crippen LogP contribution is -2.10. The third kappa shape index (κ3) is 20.1. The van der Waals surface area contributed by atoms with Crippen molar-refractivity contribution in [2.75, 3.05) is 6.61 Å². The minimum absolute atomic E-state index is 0.0856. The van der Waals surface area contributed by atoms with E-state index >= 15 is 0 Å². The van der Waals surface area contributed by atoms with Gasteiger partial charge in [-0.15, -0.1) is 0 Å². The second-order valence-electron chi connectivity index (χ2n) is 8.26. The van der Waals surface area contributed by atoms with Crippen molar-refractivity contribution in [3.05, 3.63) is 0 Å². The largest absolute Gasteiger partial charge is 0.394 e. The normalized spacial score (nSPS) is 13.9. The maximum absolute atomic E-state index is 9.26. The summed E-state index contributed by atoms with van der Waals surface area (Å²) in [7, 11) is 0. The van der Waals surface area contributed by atoms with Gasteiger partial charge in [0.2, 0.25) is 0 Å². The molecule has 2 heteroatoms. The van der Waals surface area contributed by atoms with Crippen LogP contribution in [-0.4, -0.2) is 22.9 Å². The summed E-state index contributed by atoms with van der Waals surface area (Å²) in [6.07, 6.45) is 23.6. The lowest BCUT2D eigenvalue weighted by molar-refractivity contribution is 0.0860. The molecule has 0 radical (unpaired) electrons. The van der Waals surface area contributed by atoms with E-state index in [1.54, 1.807) is 0 Å². The Bertz CT molecular complexity index is 242. The van der Waals surface area contributed by atoms with Crippen LogP contribution in [-0.2, 0) is 0 Å². The number of aliphatic hydroxyl groups excluding tert-OH is 2. The first-order valence-corrected chi connectivity index (χ1v) is 11.5. The molecular formula is C23H48O2. The van der Waals surface area contributed by atoms with Crippen LogP contribution in [0, 0.1) is 5.92 Å². The molecule has 0 amide bonds. The minimum Gasteiger partial charge on any atom is -0.394 e. The lowest BCUT2D eigenvalue weighted by Gasteiger charge is -2.11. The highest BCUT2D eigenvalue weighted by molar-refractivity contribution is 4.56. The molecule has 0 saturated carbocycles. The smallest absolute Gasteiger partial charge is 0.0770 e. The topological polar surface area (TPSA) is 40.5 Å². The molecule has 0 saturated heterocycles. The predicted octanol–water partition coefficient (Wildman–Crippen LogP) is 7.02. The van der Waals surface area contributed by atoms with Gasteiger partial charge in [-0.25, -0.2) is 0 Å². The van der Waals surface area contributed by atoms with Gasteiger partial charge in [0.1, 0.15) is 0 Å². The quantitative estimate of drug-likeness (QED) is 0.230. The monoisotopic (exact) mass is 356 g/mol. The summed E-state index contributed by atoms with van der Waals surface area (Å²) in [4.78, 5) is 0. The third-order valence-electron chi connectivity index (χ3n) is 5.50.